The van der Waals surface area contributed by atoms with Crippen LogP contribution in [0.25, 0.3) is 0 Å². The zero-order valence-electron chi connectivity index (χ0n) is 10.3. The molecule has 2 aromatic heterocycles. The third kappa shape index (κ3) is 2.90. The minimum absolute atomic E-state index is 0.157. The summed E-state index contributed by atoms with van der Waals surface area (Å²) in [6.07, 6.45) is 1.84. The van der Waals surface area contributed by atoms with E-state index in [1.807, 2.05) is 13.8 Å². The lowest BCUT2D eigenvalue weighted by atomic mass is 10.1. The number of nitrogens with two attached hydrogens (primary N) is 1. The van der Waals surface area contributed by atoms with Crippen molar-refractivity contribution in [3.05, 3.63) is 45.4 Å². The fourth-order valence-corrected chi connectivity index (χ4v) is 2.62. The van der Waals surface area contributed by atoms with Gasteiger partial charge in [0, 0.05) is 11.3 Å². The van der Waals surface area contributed by atoms with Crippen LogP contribution in [0.2, 0.25) is 0 Å². The van der Waals surface area contributed by atoms with E-state index >= 15 is 0 Å². The molecule has 4 nitrogen and oxygen atoms in total. The Balaban J connectivity index is 2.16. The summed E-state index contributed by atoms with van der Waals surface area (Å²) in [6.45, 7) is 4.02. The van der Waals surface area contributed by atoms with Crippen molar-refractivity contribution in [2.75, 3.05) is 0 Å². The molecule has 1 atom stereocenters. The molecule has 0 radical (unpaired) electrons. The van der Waals surface area contributed by atoms with Crippen LogP contribution in [0.3, 0.4) is 0 Å². The topological polar surface area (TPSA) is 63.8 Å². The van der Waals surface area contributed by atoms with Gasteiger partial charge in [-0.15, -0.1) is 11.3 Å². The first kappa shape index (κ1) is 13.1. The first-order chi connectivity index (χ1) is 8.60. The summed E-state index contributed by atoms with van der Waals surface area (Å²) in [4.78, 5) is 9.70. The Morgan fingerprint density at radius 2 is 2.22 bits per heavy atom. The first-order valence-electron chi connectivity index (χ1n) is 5.60. The lowest BCUT2D eigenvalue weighted by Gasteiger charge is -2.13. The molecule has 0 aliphatic carbocycles. The van der Waals surface area contributed by atoms with Gasteiger partial charge in [-0.2, -0.15) is 0 Å². The minimum atomic E-state index is -0.351. The van der Waals surface area contributed by atoms with Gasteiger partial charge in [-0.05, 0) is 26.0 Å². The summed E-state index contributed by atoms with van der Waals surface area (Å²) in [5.74, 6) is 5.18. The highest BCUT2D eigenvalue weighted by Crippen LogP contribution is 2.22. The van der Waals surface area contributed by atoms with Crippen molar-refractivity contribution in [3.8, 4) is 0 Å². The highest BCUT2D eigenvalue weighted by molar-refractivity contribution is 7.11. The number of hydrazine groups is 1. The van der Waals surface area contributed by atoms with E-state index in [1.54, 1.807) is 17.4 Å². The van der Waals surface area contributed by atoms with E-state index in [2.05, 4.69) is 15.4 Å². The van der Waals surface area contributed by atoms with E-state index in [0.717, 1.165) is 10.7 Å². The van der Waals surface area contributed by atoms with Crippen LogP contribution in [0.4, 0.5) is 4.39 Å². The first-order valence-corrected chi connectivity index (χ1v) is 6.42. The molecule has 0 saturated heterocycles. The van der Waals surface area contributed by atoms with Gasteiger partial charge in [0.1, 0.15) is 5.82 Å². The van der Waals surface area contributed by atoms with Crippen LogP contribution in [-0.2, 0) is 6.42 Å². The number of thiazole rings is 1. The molecule has 2 rings (SSSR count). The Hall–Kier alpha value is -1.37. The monoisotopic (exact) mass is 266 g/mol. The molecule has 0 aromatic carbocycles. The molecular weight excluding hydrogens is 251 g/mol. The number of hydrogen-bond donors (Lipinski definition) is 2. The van der Waals surface area contributed by atoms with Crippen molar-refractivity contribution in [2.24, 2.45) is 5.84 Å². The fourth-order valence-electron chi connectivity index (χ4n) is 1.64. The van der Waals surface area contributed by atoms with Gasteiger partial charge in [-0.1, -0.05) is 0 Å². The molecule has 18 heavy (non-hydrogen) atoms. The summed E-state index contributed by atoms with van der Waals surface area (Å²) in [6, 6.07) is 2.86. The molecule has 0 aliphatic heterocycles. The molecule has 2 aromatic rings. The van der Waals surface area contributed by atoms with Gasteiger partial charge >= 0.3 is 0 Å². The van der Waals surface area contributed by atoms with E-state index in [0.29, 0.717) is 12.1 Å². The molecule has 96 valence electrons. The van der Waals surface area contributed by atoms with Gasteiger partial charge in [0.25, 0.3) is 0 Å². The molecular formula is C12H15FN4S. The number of rotatable bonds is 4. The molecule has 3 N–H and O–H groups in total. The number of halogens is 1. The number of nitrogens with one attached hydrogen (secondary N) is 1. The molecule has 0 bridgehead atoms. The second-order valence-corrected chi connectivity index (χ2v) is 5.36. The SMILES string of the molecule is Cc1nc(CC(NN)c2ccc(F)cn2)sc1C. The van der Waals surface area contributed by atoms with Gasteiger partial charge in [0.05, 0.1) is 28.6 Å². The second-order valence-electron chi connectivity index (χ2n) is 4.07. The van der Waals surface area contributed by atoms with Crippen molar-refractivity contribution in [2.45, 2.75) is 26.3 Å². The predicted molar refractivity (Wildman–Crippen MR) is 69.6 cm³/mol. The smallest absolute Gasteiger partial charge is 0.141 e. The number of pyridine rings is 1. The van der Waals surface area contributed by atoms with Crippen molar-refractivity contribution in [3.63, 3.8) is 0 Å². The van der Waals surface area contributed by atoms with Crippen LogP contribution in [0, 0.1) is 19.7 Å². The van der Waals surface area contributed by atoms with E-state index in [-0.39, 0.29) is 11.9 Å². The molecule has 0 aliphatic rings. The molecule has 0 amide bonds. The average Bonchev–Trinajstić information content (AvgIpc) is 2.67. The van der Waals surface area contributed by atoms with Gasteiger partial charge in [0.15, 0.2) is 0 Å². The van der Waals surface area contributed by atoms with Crippen LogP contribution in [0.15, 0.2) is 18.3 Å². The number of nitrogens with zero attached hydrogens (tertiary/aromatic N) is 2. The maximum absolute atomic E-state index is 12.8. The maximum atomic E-state index is 12.8. The van der Waals surface area contributed by atoms with Crippen LogP contribution in [-0.4, -0.2) is 9.97 Å². The quantitative estimate of drug-likeness (QED) is 0.656. The highest BCUT2D eigenvalue weighted by Gasteiger charge is 2.15. The summed E-state index contributed by atoms with van der Waals surface area (Å²) in [5.41, 5.74) is 4.45. The number of aromatic nitrogens is 2. The zero-order chi connectivity index (χ0) is 13.1. The molecule has 0 fully saturated rings. The van der Waals surface area contributed by atoms with Gasteiger partial charge in [0.2, 0.25) is 0 Å². The minimum Gasteiger partial charge on any atom is -0.271 e. The third-order valence-electron chi connectivity index (χ3n) is 2.76. The van der Waals surface area contributed by atoms with Crippen LogP contribution in [0.1, 0.15) is 27.3 Å². The van der Waals surface area contributed by atoms with Gasteiger partial charge in [-0.25, -0.2) is 9.37 Å². The molecule has 6 heteroatoms. The number of aryl methyl sites for hydroxylation is 2. The second kappa shape index (κ2) is 5.51. The van der Waals surface area contributed by atoms with Crippen molar-refractivity contribution in [1.82, 2.24) is 15.4 Å². The number of hydrogen-bond acceptors (Lipinski definition) is 5. The fraction of sp³-hybridized carbons (Fsp3) is 0.333. The van der Waals surface area contributed by atoms with E-state index in [1.165, 1.54) is 17.1 Å². The van der Waals surface area contributed by atoms with Crippen molar-refractivity contribution >= 4 is 11.3 Å². The maximum Gasteiger partial charge on any atom is 0.141 e. The Morgan fingerprint density at radius 1 is 1.44 bits per heavy atom. The van der Waals surface area contributed by atoms with Crippen LogP contribution in [0.5, 0.6) is 0 Å². The summed E-state index contributed by atoms with van der Waals surface area (Å²) >= 11 is 1.65. The Kier molecular flexibility index (Phi) is 4.00. The standard InChI is InChI=1S/C12H15FN4S/c1-7-8(2)18-12(16-7)5-11(17-14)10-4-3-9(13)6-15-10/h3-4,6,11,17H,5,14H2,1-2H3. The summed E-state index contributed by atoms with van der Waals surface area (Å²) in [5, 5.41) is 0.999. The van der Waals surface area contributed by atoms with E-state index < -0.39 is 0 Å². The van der Waals surface area contributed by atoms with Gasteiger partial charge < -0.3 is 0 Å². The summed E-state index contributed by atoms with van der Waals surface area (Å²) < 4.78 is 12.8. The largest absolute Gasteiger partial charge is 0.271 e. The van der Waals surface area contributed by atoms with Crippen molar-refractivity contribution in [1.29, 1.82) is 0 Å². The third-order valence-corrected chi connectivity index (χ3v) is 3.86. The molecule has 1 unspecified atom stereocenters. The normalized spacial score (nSPS) is 12.7. The molecule has 0 spiro atoms. The zero-order valence-corrected chi connectivity index (χ0v) is 11.1. The Morgan fingerprint density at radius 3 is 2.72 bits per heavy atom. The Bertz CT molecular complexity index is 504. The predicted octanol–water partition coefficient (Wildman–Crippen LogP) is 2.04. The highest BCUT2D eigenvalue weighted by atomic mass is 32.1. The van der Waals surface area contributed by atoms with E-state index in [4.69, 9.17) is 5.84 Å². The Labute approximate surface area is 109 Å². The van der Waals surface area contributed by atoms with Crippen LogP contribution >= 0.6 is 11.3 Å². The van der Waals surface area contributed by atoms with Gasteiger partial charge in [-0.3, -0.25) is 16.3 Å². The average molecular weight is 266 g/mol. The lowest BCUT2D eigenvalue weighted by molar-refractivity contribution is 0.532. The van der Waals surface area contributed by atoms with Crippen molar-refractivity contribution < 1.29 is 4.39 Å². The lowest BCUT2D eigenvalue weighted by Crippen LogP contribution is -2.30. The summed E-state index contributed by atoms with van der Waals surface area (Å²) in [7, 11) is 0. The molecule has 0 saturated carbocycles. The van der Waals surface area contributed by atoms with E-state index in [9.17, 15) is 4.39 Å². The van der Waals surface area contributed by atoms with Crippen LogP contribution < -0.4 is 11.3 Å². The molecule has 2 heterocycles.